The van der Waals surface area contributed by atoms with Crippen molar-refractivity contribution >= 4 is 33.2 Å². The van der Waals surface area contributed by atoms with Gasteiger partial charge in [0.05, 0.1) is 11.2 Å². The van der Waals surface area contributed by atoms with Crippen LogP contribution < -0.4 is 0 Å². The fraction of sp³-hybridized carbons (Fsp3) is 0. The first-order valence-corrected chi connectivity index (χ1v) is 6.14. The molecule has 0 saturated carbocycles. The molecule has 0 saturated heterocycles. The second-order valence-corrected chi connectivity index (χ2v) is 4.67. The molecule has 1 aromatic heterocycles. The summed E-state index contributed by atoms with van der Waals surface area (Å²) in [6, 6.07) is 13.1. The Hall–Kier alpha value is -2.01. The van der Waals surface area contributed by atoms with Gasteiger partial charge in [0.25, 0.3) is 0 Å². The van der Waals surface area contributed by atoms with Gasteiger partial charge in [0.2, 0.25) is 0 Å². The molecule has 88 valence electrons. The molecule has 5 heteroatoms. The molecular weight excluding hydrogens is 294 g/mol. The number of carbonyl (C=O) groups is 1. The lowest BCUT2D eigenvalue weighted by Crippen LogP contribution is -1.98. The van der Waals surface area contributed by atoms with Crippen molar-refractivity contribution in [3.8, 4) is 5.69 Å². The van der Waals surface area contributed by atoms with Crippen LogP contribution in [0.1, 0.15) is 10.4 Å². The van der Waals surface area contributed by atoms with E-state index in [0.717, 1.165) is 27.5 Å². The Morgan fingerprint density at radius 1 is 1.17 bits per heavy atom. The number of hydrogen-bond acceptors (Lipinski definition) is 3. The van der Waals surface area contributed by atoms with E-state index in [9.17, 15) is 4.79 Å². The lowest BCUT2D eigenvalue weighted by Gasteiger charge is -2.05. The van der Waals surface area contributed by atoms with Crippen molar-refractivity contribution in [1.29, 1.82) is 0 Å². The minimum absolute atomic E-state index is 0.620. The largest absolute Gasteiger partial charge is 0.298 e. The van der Waals surface area contributed by atoms with E-state index in [2.05, 4.69) is 26.2 Å². The minimum Gasteiger partial charge on any atom is -0.298 e. The Balaban J connectivity index is 2.23. The number of aldehydes is 1. The van der Waals surface area contributed by atoms with E-state index >= 15 is 0 Å². The van der Waals surface area contributed by atoms with Crippen LogP contribution in [0.3, 0.4) is 0 Å². The summed E-state index contributed by atoms with van der Waals surface area (Å²) in [6.07, 6.45) is 0.813. The van der Waals surface area contributed by atoms with Gasteiger partial charge in [-0.3, -0.25) is 4.79 Å². The van der Waals surface area contributed by atoms with E-state index in [1.54, 1.807) is 16.8 Å². The van der Waals surface area contributed by atoms with Crippen molar-refractivity contribution < 1.29 is 4.79 Å². The number of aromatic nitrogens is 3. The average Bonchev–Trinajstić information content (AvgIpc) is 2.82. The number of hydrogen-bond donors (Lipinski definition) is 0. The van der Waals surface area contributed by atoms with Crippen molar-refractivity contribution in [1.82, 2.24) is 15.0 Å². The Morgan fingerprint density at radius 2 is 2.00 bits per heavy atom. The lowest BCUT2D eigenvalue weighted by atomic mass is 10.2. The molecule has 0 bridgehead atoms. The second kappa shape index (κ2) is 4.34. The molecule has 0 aliphatic heterocycles. The zero-order valence-electron chi connectivity index (χ0n) is 9.25. The highest BCUT2D eigenvalue weighted by atomic mass is 79.9. The van der Waals surface area contributed by atoms with Gasteiger partial charge in [-0.05, 0) is 46.3 Å². The first-order valence-electron chi connectivity index (χ1n) is 5.35. The van der Waals surface area contributed by atoms with Gasteiger partial charge in [0, 0.05) is 10.0 Å². The van der Waals surface area contributed by atoms with Crippen molar-refractivity contribution in [2.24, 2.45) is 0 Å². The Labute approximate surface area is 111 Å². The third kappa shape index (κ3) is 1.73. The highest BCUT2D eigenvalue weighted by Gasteiger charge is 2.09. The molecule has 3 rings (SSSR count). The highest BCUT2D eigenvalue weighted by molar-refractivity contribution is 9.10. The van der Waals surface area contributed by atoms with Crippen LogP contribution >= 0.6 is 15.9 Å². The number of para-hydroxylation sites is 1. The molecule has 0 amide bonds. The van der Waals surface area contributed by atoms with Crippen LogP contribution in [0.4, 0.5) is 0 Å². The summed E-state index contributed by atoms with van der Waals surface area (Å²) in [5.41, 5.74) is 3.24. The summed E-state index contributed by atoms with van der Waals surface area (Å²) >= 11 is 3.45. The SMILES string of the molecule is O=Cc1ccc(-n2nnc3ccccc32)c(Br)c1. The smallest absolute Gasteiger partial charge is 0.150 e. The number of nitrogens with zero attached hydrogens (tertiary/aromatic N) is 3. The van der Waals surface area contributed by atoms with E-state index in [4.69, 9.17) is 0 Å². The molecule has 0 unspecified atom stereocenters. The van der Waals surface area contributed by atoms with E-state index in [1.165, 1.54) is 0 Å². The van der Waals surface area contributed by atoms with Crippen LogP contribution in [0.5, 0.6) is 0 Å². The molecule has 0 spiro atoms. The molecule has 0 N–H and O–H groups in total. The fourth-order valence-electron chi connectivity index (χ4n) is 1.82. The highest BCUT2D eigenvalue weighted by Crippen LogP contribution is 2.24. The van der Waals surface area contributed by atoms with E-state index in [-0.39, 0.29) is 0 Å². The number of halogens is 1. The fourth-order valence-corrected chi connectivity index (χ4v) is 2.38. The molecule has 1 heterocycles. The van der Waals surface area contributed by atoms with Crippen LogP contribution in [-0.2, 0) is 0 Å². The van der Waals surface area contributed by atoms with Gasteiger partial charge in [-0.25, -0.2) is 4.68 Å². The summed E-state index contributed by atoms with van der Waals surface area (Å²) in [6.45, 7) is 0. The van der Waals surface area contributed by atoms with Gasteiger partial charge in [0.15, 0.2) is 0 Å². The maximum absolute atomic E-state index is 10.7. The molecular formula is C13H8BrN3O. The summed E-state index contributed by atoms with van der Waals surface area (Å²) in [5, 5.41) is 8.23. The first-order chi connectivity index (χ1) is 8.79. The van der Waals surface area contributed by atoms with E-state index in [1.807, 2.05) is 30.3 Å². The first kappa shape index (κ1) is 11.1. The van der Waals surface area contributed by atoms with Crippen molar-refractivity contribution in [2.45, 2.75) is 0 Å². The van der Waals surface area contributed by atoms with Crippen LogP contribution in [0.25, 0.3) is 16.7 Å². The molecule has 0 fully saturated rings. The Kier molecular flexibility index (Phi) is 2.68. The predicted molar refractivity (Wildman–Crippen MR) is 72.0 cm³/mol. The normalized spacial score (nSPS) is 10.7. The molecule has 3 aromatic rings. The summed E-state index contributed by atoms with van der Waals surface area (Å²) in [4.78, 5) is 10.7. The van der Waals surface area contributed by atoms with Gasteiger partial charge in [-0.15, -0.1) is 5.10 Å². The molecule has 0 aliphatic rings. The van der Waals surface area contributed by atoms with Gasteiger partial charge >= 0.3 is 0 Å². The Bertz CT molecular complexity index is 736. The molecule has 4 nitrogen and oxygen atoms in total. The summed E-state index contributed by atoms with van der Waals surface area (Å²) in [7, 11) is 0. The maximum Gasteiger partial charge on any atom is 0.150 e. The molecule has 18 heavy (non-hydrogen) atoms. The molecule has 0 radical (unpaired) electrons. The van der Waals surface area contributed by atoms with Crippen LogP contribution in [0, 0.1) is 0 Å². The number of rotatable bonds is 2. The van der Waals surface area contributed by atoms with Crippen LogP contribution in [-0.4, -0.2) is 21.3 Å². The number of carbonyl (C=O) groups excluding carboxylic acids is 1. The number of fused-ring (bicyclic) bond motifs is 1. The van der Waals surface area contributed by atoms with Crippen LogP contribution in [0.15, 0.2) is 46.9 Å². The van der Waals surface area contributed by atoms with Gasteiger partial charge in [0.1, 0.15) is 11.8 Å². The van der Waals surface area contributed by atoms with E-state index in [0.29, 0.717) is 5.56 Å². The lowest BCUT2D eigenvalue weighted by molar-refractivity contribution is 0.112. The average molecular weight is 302 g/mol. The Morgan fingerprint density at radius 3 is 2.78 bits per heavy atom. The third-order valence-electron chi connectivity index (χ3n) is 2.69. The van der Waals surface area contributed by atoms with Gasteiger partial charge < -0.3 is 0 Å². The third-order valence-corrected chi connectivity index (χ3v) is 3.32. The van der Waals surface area contributed by atoms with Crippen molar-refractivity contribution in [2.75, 3.05) is 0 Å². The maximum atomic E-state index is 10.7. The summed E-state index contributed by atoms with van der Waals surface area (Å²) in [5.74, 6) is 0. The molecule has 2 aromatic carbocycles. The molecule has 0 aliphatic carbocycles. The zero-order valence-corrected chi connectivity index (χ0v) is 10.8. The van der Waals surface area contributed by atoms with Crippen molar-refractivity contribution in [3.05, 3.63) is 52.5 Å². The second-order valence-electron chi connectivity index (χ2n) is 3.82. The quantitative estimate of drug-likeness (QED) is 0.684. The van der Waals surface area contributed by atoms with Gasteiger partial charge in [-0.2, -0.15) is 0 Å². The monoisotopic (exact) mass is 301 g/mol. The van der Waals surface area contributed by atoms with Crippen molar-refractivity contribution in [3.63, 3.8) is 0 Å². The summed E-state index contributed by atoms with van der Waals surface area (Å²) < 4.78 is 2.55. The minimum atomic E-state index is 0.620. The standard InChI is InChI=1S/C13H8BrN3O/c14-10-7-9(8-18)5-6-12(10)17-13-4-2-1-3-11(13)15-16-17/h1-8H. The topological polar surface area (TPSA) is 47.8 Å². The zero-order chi connectivity index (χ0) is 12.5. The van der Waals surface area contributed by atoms with E-state index < -0.39 is 0 Å². The van der Waals surface area contributed by atoms with Gasteiger partial charge in [-0.1, -0.05) is 17.3 Å². The number of benzene rings is 2. The predicted octanol–water partition coefficient (Wildman–Crippen LogP) is 3.00. The van der Waals surface area contributed by atoms with Crippen LogP contribution in [0.2, 0.25) is 0 Å². The molecule has 0 atom stereocenters.